The van der Waals surface area contributed by atoms with Crippen molar-refractivity contribution in [3.05, 3.63) is 94.5 Å². The number of ether oxygens (including phenoxy) is 3. The maximum atomic E-state index is 13.2. The van der Waals surface area contributed by atoms with E-state index in [4.69, 9.17) is 14.2 Å². The Hall–Kier alpha value is -3.31. The Kier molecular flexibility index (Phi) is 7.63. The number of carbonyl (C=O) groups is 1. The molecule has 0 unspecified atom stereocenters. The van der Waals surface area contributed by atoms with E-state index in [1.807, 2.05) is 35.2 Å². The highest BCUT2D eigenvalue weighted by Crippen LogP contribution is 2.24. The van der Waals surface area contributed by atoms with Gasteiger partial charge in [-0.25, -0.2) is 0 Å². The van der Waals surface area contributed by atoms with E-state index in [0.717, 1.165) is 34.6 Å². The molecule has 0 saturated heterocycles. The van der Waals surface area contributed by atoms with Crippen molar-refractivity contribution in [2.45, 2.75) is 26.3 Å². The van der Waals surface area contributed by atoms with Gasteiger partial charge in [0.2, 0.25) is 5.91 Å². The number of hydrogen-bond acceptors (Lipinski definition) is 4. The standard InChI is InChI=1S/C28H31NO4/c1-21-6-11-27-25(16-21)18-23-4-3-5-24(17-23)20-29(12-13-32-14-15-33-27)28(30)19-22-7-9-26(31-2)10-8-22/h3-11,16-17H,12-15,18-20H2,1-2H3. The highest BCUT2D eigenvalue weighted by molar-refractivity contribution is 5.78. The van der Waals surface area contributed by atoms with E-state index in [1.165, 1.54) is 11.1 Å². The summed E-state index contributed by atoms with van der Waals surface area (Å²) in [6.07, 6.45) is 1.13. The van der Waals surface area contributed by atoms with E-state index >= 15 is 0 Å². The highest BCUT2D eigenvalue weighted by atomic mass is 16.5. The van der Waals surface area contributed by atoms with Gasteiger partial charge in [0, 0.05) is 19.5 Å². The van der Waals surface area contributed by atoms with Crippen LogP contribution >= 0.6 is 0 Å². The molecule has 0 fully saturated rings. The van der Waals surface area contributed by atoms with Crippen molar-refractivity contribution in [2.24, 2.45) is 0 Å². The number of fused-ring (bicyclic) bond motifs is 3. The molecule has 4 rings (SSSR count). The predicted molar refractivity (Wildman–Crippen MR) is 129 cm³/mol. The second-order valence-electron chi connectivity index (χ2n) is 8.41. The Labute approximate surface area is 195 Å². The average molecular weight is 446 g/mol. The zero-order valence-corrected chi connectivity index (χ0v) is 19.4. The molecule has 0 atom stereocenters. The number of carbonyl (C=O) groups excluding carboxylic acids is 1. The fourth-order valence-corrected chi connectivity index (χ4v) is 4.07. The summed E-state index contributed by atoms with van der Waals surface area (Å²) in [7, 11) is 1.64. The van der Waals surface area contributed by atoms with Crippen molar-refractivity contribution in [1.29, 1.82) is 0 Å². The zero-order valence-electron chi connectivity index (χ0n) is 19.4. The van der Waals surface area contributed by atoms with E-state index in [1.54, 1.807) is 7.11 Å². The molecule has 33 heavy (non-hydrogen) atoms. The molecule has 3 aromatic carbocycles. The summed E-state index contributed by atoms with van der Waals surface area (Å²) in [5.74, 6) is 1.77. The minimum Gasteiger partial charge on any atom is -0.497 e. The molecule has 0 N–H and O–H groups in total. The third-order valence-electron chi connectivity index (χ3n) is 5.83. The number of hydrogen-bond donors (Lipinski definition) is 0. The minimum atomic E-state index is 0.0819. The van der Waals surface area contributed by atoms with Crippen LogP contribution in [-0.4, -0.2) is 44.3 Å². The quantitative estimate of drug-likeness (QED) is 0.592. The first-order valence-corrected chi connectivity index (χ1v) is 11.4. The number of methoxy groups -OCH3 is 1. The summed E-state index contributed by atoms with van der Waals surface area (Å²) in [4.78, 5) is 15.1. The first-order valence-electron chi connectivity index (χ1n) is 11.4. The summed E-state index contributed by atoms with van der Waals surface area (Å²) < 4.78 is 17.0. The lowest BCUT2D eigenvalue weighted by Crippen LogP contribution is -2.35. The lowest BCUT2D eigenvalue weighted by atomic mass is 10.00. The van der Waals surface area contributed by atoms with Crippen LogP contribution in [0.2, 0.25) is 0 Å². The van der Waals surface area contributed by atoms with Crippen LogP contribution in [0.5, 0.6) is 11.5 Å². The molecule has 5 heteroatoms. The molecule has 1 aliphatic rings. The first kappa shape index (κ1) is 22.9. The molecule has 5 nitrogen and oxygen atoms in total. The van der Waals surface area contributed by atoms with Crippen molar-refractivity contribution in [1.82, 2.24) is 4.90 Å². The van der Waals surface area contributed by atoms with Crippen molar-refractivity contribution in [2.75, 3.05) is 33.5 Å². The third kappa shape index (κ3) is 6.36. The molecule has 172 valence electrons. The van der Waals surface area contributed by atoms with Gasteiger partial charge in [-0.3, -0.25) is 4.79 Å². The highest BCUT2D eigenvalue weighted by Gasteiger charge is 2.16. The second-order valence-corrected chi connectivity index (χ2v) is 8.41. The summed E-state index contributed by atoms with van der Waals surface area (Å²) >= 11 is 0. The van der Waals surface area contributed by atoms with Gasteiger partial charge in [-0.05, 0) is 47.4 Å². The summed E-state index contributed by atoms with van der Waals surface area (Å²) in [6.45, 7) is 4.63. The minimum absolute atomic E-state index is 0.0819. The monoisotopic (exact) mass is 445 g/mol. The van der Waals surface area contributed by atoms with E-state index < -0.39 is 0 Å². The van der Waals surface area contributed by atoms with Crippen LogP contribution in [0.4, 0.5) is 0 Å². The van der Waals surface area contributed by atoms with Crippen LogP contribution in [0.15, 0.2) is 66.7 Å². The molecule has 1 amide bonds. The van der Waals surface area contributed by atoms with Gasteiger partial charge in [-0.2, -0.15) is 0 Å². The van der Waals surface area contributed by atoms with Crippen LogP contribution in [-0.2, 0) is 28.9 Å². The fourth-order valence-electron chi connectivity index (χ4n) is 4.07. The molecule has 0 aliphatic carbocycles. The largest absolute Gasteiger partial charge is 0.497 e. The van der Waals surface area contributed by atoms with Gasteiger partial charge in [0.25, 0.3) is 0 Å². The summed E-state index contributed by atoms with van der Waals surface area (Å²) in [6, 6.07) is 22.4. The Morgan fingerprint density at radius 1 is 0.970 bits per heavy atom. The van der Waals surface area contributed by atoms with Gasteiger partial charge >= 0.3 is 0 Å². The molecule has 1 aliphatic heterocycles. The summed E-state index contributed by atoms with van der Waals surface area (Å²) in [5.41, 5.74) is 5.66. The van der Waals surface area contributed by atoms with Gasteiger partial charge in [0.1, 0.15) is 18.1 Å². The van der Waals surface area contributed by atoms with Crippen molar-refractivity contribution in [3.8, 4) is 11.5 Å². The molecule has 2 bridgehead atoms. The predicted octanol–water partition coefficient (Wildman–Crippen LogP) is 4.57. The van der Waals surface area contributed by atoms with E-state index in [9.17, 15) is 4.79 Å². The molecule has 1 heterocycles. The van der Waals surface area contributed by atoms with Crippen molar-refractivity contribution < 1.29 is 19.0 Å². The van der Waals surface area contributed by atoms with Crippen LogP contribution in [0, 0.1) is 6.92 Å². The summed E-state index contributed by atoms with van der Waals surface area (Å²) in [5, 5.41) is 0. The first-order chi connectivity index (χ1) is 16.1. The van der Waals surface area contributed by atoms with Crippen LogP contribution in [0.25, 0.3) is 0 Å². The number of amides is 1. The maximum absolute atomic E-state index is 13.2. The lowest BCUT2D eigenvalue weighted by molar-refractivity contribution is -0.131. The molecule has 0 spiro atoms. The third-order valence-corrected chi connectivity index (χ3v) is 5.83. The van der Waals surface area contributed by atoms with Gasteiger partial charge in [-0.15, -0.1) is 0 Å². The topological polar surface area (TPSA) is 48.0 Å². The number of rotatable bonds is 3. The van der Waals surface area contributed by atoms with Gasteiger partial charge < -0.3 is 19.1 Å². The normalized spacial score (nSPS) is 14.5. The van der Waals surface area contributed by atoms with Crippen LogP contribution in [0.3, 0.4) is 0 Å². The zero-order chi connectivity index (χ0) is 23.0. The van der Waals surface area contributed by atoms with Gasteiger partial charge in [-0.1, -0.05) is 54.1 Å². The van der Waals surface area contributed by atoms with Crippen molar-refractivity contribution in [3.63, 3.8) is 0 Å². The molecule has 3 aromatic rings. The molecule has 0 radical (unpaired) electrons. The number of nitrogens with zero attached hydrogens (tertiary/aromatic N) is 1. The van der Waals surface area contributed by atoms with Crippen LogP contribution in [0.1, 0.15) is 27.8 Å². The van der Waals surface area contributed by atoms with Crippen LogP contribution < -0.4 is 9.47 Å². The Morgan fingerprint density at radius 2 is 1.79 bits per heavy atom. The van der Waals surface area contributed by atoms with Gasteiger partial charge in [0.15, 0.2) is 0 Å². The molecule has 0 saturated carbocycles. The smallest absolute Gasteiger partial charge is 0.227 e. The van der Waals surface area contributed by atoms with E-state index in [-0.39, 0.29) is 5.91 Å². The fraction of sp³-hybridized carbons (Fsp3) is 0.321. The molecular weight excluding hydrogens is 414 g/mol. The second kappa shape index (κ2) is 11.0. The average Bonchev–Trinajstić information content (AvgIpc) is 2.82. The maximum Gasteiger partial charge on any atom is 0.227 e. The Morgan fingerprint density at radius 3 is 2.61 bits per heavy atom. The van der Waals surface area contributed by atoms with E-state index in [2.05, 4.69) is 43.3 Å². The number of benzene rings is 3. The number of aryl methyl sites for hydroxylation is 1. The Balaban J connectivity index is 1.54. The lowest BCUT2D eigenvalue weighted by Gasteiger charge is -2.24. The molecular formula is C28H31NO4. The van der Waals surface area contributed by atoms with Gasteiger partial charge in [0.05, 0.1) is 26.7 Å². The Bertz CT molecular complexity index is 1080. The van der Waals surface area contributed by atoms with E-state index in [0.29, 0.717) is 39.3 Å². The van der Waals surface area contributed by atoms with Crippen molar-refractivity contribution >= 4 is 5.91 Å². The SMILES string of the molecule is COc1ccc(CC(=O)N2CCOCCOc3ccc(C)cc3Cc3cccc(c3)C2)cc1. The molecule has 0 aromatic heterocycles.